The van der Waals surface area contributed by atoms with Crippen LogP contribution in [0.4, 0.5) is 5.69 Å². The van der Waals surface area contributed by atoms with Gasteiger partial charge in [0.2, 0.25) is 0 Å². The second-order valence-electron chi connectivity index (χ2n) is 6.12. The van der Waals surface area contributed by atoms with E-state index in [9.17, 15) is 15.4 Å². The van der Waals surface area contributed by atoms with Crippen LogP contribution >= 0.6 is 15.9 Å². The number of nitro groups is 1. The Morgan fingerprint density at radius 3 is 2.59 bits per heavy atom. The van der Waals surface area contributed by atoms with Crippen molar-refractivity contribution in [3.05, 3.63) is 91.7 Å². The normalized spacial score (nSPS) is 11.3. The molecule has 0 fully saturated rings. The largest absolute Gasteiger partial charge is 0.318 e. The van der Waals surface area contributed by atoms with Crippen molar-refractivity contribution in [3.8, 4) is 11.8 Å². The number of halogens is 1. The molecule has 0 radical (unpaired) electrons. The minimum absolute atomic E-state index is 0.0453. The first-order chi connectivity index (χ1) is 12.9. The van der Waals surface area contributed by atoms with E-state index in [2.05, 4.69) is 22.0 Å². The quantitative estimate of drug-likeness (QED) is 0.302. The van der Waals surface area contributed by atoms with E-state index in [4.69, 9.17) is 0 Å². The van der Waals surface area contributed by atoms with Gasteiger partial charge < -0.3 is 4.57 Å². The molecule has 0 aliphatic carbocycles. The molecule has 0 saturated heterocycles. The number of rotatable bonds is 4. The minimum atomic E-state index is -0.403. The summed E-state index contributed by atoms with van der Waals surface area (Å²) in [7, 11) is 0. The molecule has 0 amide bonds. The zero-order valence-electron chi connectivity index (χ0n) is 14.8. The molecule has 3 rings (SSSR count). The maximum absolute atomic E-state index is 11.1. The fourth-order valence-corrected chi connectivity index (χ4v) is 3.47. The Morgan fingerprint density at radius 1 is 1.19 bits per heavy atom. The average molecular weight is 422 g/mol. The zero-order chi connectivity index (χ0) is 19.6. The van der Waals surface area contributed by atoms with E-state index < -0.39 is 4.92 Å². The molecule has 1 heterocycles. The Labute approximate surface area is 165 Å². The van der Waals surface area contributed by atoms with Gasteiger partial charge in [-0.15, -0.1) is 0 Å². The third-order valence-electron chi connectivity index (χ3n) is 4.32. The highest BCUT2D eigenvalue weighted by molar-refractivity contribution is 9.10. The molecule has 0 saturated carbocycles. The molecule has 0 aliphatic heterocycles. The maximum atomic E-state index is 11.1. The Hall–Kier alpha value is -3.17. The number of nitro benzene ring substituents is 1. The molecule has 0 N–H and O–H groups in total. The van der Waals surface area contributed by atoms with E-state index in [1.807, 2.05) is 60.9 Å². The van der Waals surface area contributed by atoms with Crippen LogP contribution in [0.2, 0.25) is 0 Å². The van der Waals surface area contributed by atoms with Crippen LogP contribution in [0.5, 0.6) is 0 Å². The number of aryl methyl sites for hydroxylation is 1. The van der Waals surface area contributed by atoms with Crippen molar-refractivity contribution >= 4 is 33.3 Å². The number of allylic oxidation sites excluding steroid dienone is 1. The van der Waals surface area contributed by atoms with Crippen LogP contribution in [-0.4, -0.2) is 9.49 Å². The highest BCUT2D eigenvalue weighted by Crippen LogP contribution is 2.27. The molecule has 6 heteroatoms. The van der Waals surface area contributed by atoms with Gasteiger partial charge in [-0.1, -0.05) is 34.1 Å². The van der Waals surface area contributed by atoms with Crippen molar-refractivity contribution in [2.75, 3.05) is 0 Å². The summed E-state index contributed by atoms with van der Waals surface area (Å²) < 4.78 is 2.86. The van der Waals surface area contributed by atoms with Gasteiger partial charge in [-0.3, -0.25) is 10.1 Å². The molecule has 5 nitrogen and oxygen atoms in total. The van der Waals surface area contributed by atoms with Gasteiger partial charge >= 0.3 is 0 Å². The molecule has 3 aromatic rings. The van der Waals surface area contributed by atoms with Gasteiger partial charge in [0, 0.05) is 28.0 Å². The number of benzene rings is 2. The van der Waals surface area contributed by atoms with Gasteiger partial charge in [-0.25, -0.2) is 0 Å². The molecular formula is C21H16BrN3O2. The molecule has 0 aliphatic rings. The summed E-state index contributed by atoms with van der Waals surface area (Å²) in [5.41, 5.74) is 4.89. The lowest BCUT2D eigenvalue weighted by Crippen LogP contribution is -2.00. The molecule has 0 unspecified atom stereocenters. The highest BCUT2D eigenvalue weighted by atomic mass is 79.9. The Balaban J connectivity index is 2.10. The second kappa shape index (κ2) is 7.60. The lowest BCUT2D eigenvalue weighted by Gasteiger charge is -2.09. The van der Waals surface area contributed by atoms with E-state index in [1.165, 1.54) is 6.07 Å². The van der Waals surface area contributed by atoms with Gasteiger partial charge in [0.15, 0.2) is 0 Å². The topological polar surface area (TPSA) is 71.9 Å². The van der Waals surface area contributed by atoms with Crippen molar-refractivity contribution in [2.45, 2.75) is 13.8 Å². The van der Waals surface area contributed by atoms with Gasteiger partial charge in [0.05, 0.1) is 22.3 Å². The Morgan fingerprint density at radius 2 is 1.93 bits per heavy atom. The predicted octanol–water partition coefficient (Wildman–Crippen LogP) is 5.83. The molecule has 0 bridgehead atoms. The zero-order valence-corrected chi connectivity index (χ0v) is 16.4. The second-order valence-corrected chi connectivity index (χ2v) is 7.03. The SMILES string of the molecule is Cc1cc(/C=C(/C#N)c2cccc(Br)c2)c(C)n1-c1cccc([N+](=O)[O-])c1. The van der Waals surface area contributed by atoms with Crippen LogP contribution in [0.1, 0.15) is 22.5 Å². The maximum Gasteiger partial charge on any atom is 0.271 e. The first kappa shape index (κ1) is 18.6. The van der Waals surface area contributed by atoms with Crippen molar-refractivity contribution < 1.29 is 4.92 Å². The number of non-ortho nitro benzene ring substituents is 1. The lowest BCUT2D eigenvalue weighted by atomic mass is 10.0. The Kier molecular flexibility index (Phi) is 5.24. The summed E-state index contributed by atoms with van der Waals surface area (Å²) in [6, 6.07) is 18.3. The summed E-state index contributed by atoms with van der Waals surface area (Å²) >= 11 is 3.43. The number of hydrogen-bond acceptors (Lipinski definition) is 3. The van der Waals surface area contributed by atoms with Gasteiger partial charge in [0.25, 0.3) is 5.69 Å². The van der Waals surface area contributed by atoms with Crippen LogP contribution in [0.3, 0.4) is 0 Å². The average Bonchev–Trinajstić information content (AvgIpc) is 2.93. The number of hydrogen-bond donors (Lipinski definition) is 0. The van der Waals surface area contributed by atoms with Crippen LogP contribution in [-0.2, 0) is 0 Å². The first-order valence-electron chi connectivity index (χ1n) is 8.22. The molecule has 2 aromatic carbocycles. The smallest absolute Gasteiger partial charge is 0.271 e. The van der Waals surface area contributed by atoms with Crippen LogP contribution in [0.15, 0.2) is 59.1 Å². The first-order valence-corrected chi connectivity index (χ1v) is 9.01. The number of aromatic nitrogens is 1. The number of nitrogens with zero attached hydrogens (tertiary/aromatic N) is 3. The van der Waals surface area contributed by atoms with Gasteiger partial charge in [0.1, 0.15) is 0 Å². The predicted molar refractivity (Wildman–Crippen MR) is 110 cm³/mol. The fourth-order valence-electron chi connectivity index (χ4n) is 3.07. The van der Waals surface area contributed by atoms with E-state index in [1.54, 1.807) is 12.1 Å². The summed E-state index contributed by atoms with van der Waals surface area (Å²) in [5.74, 6) is 0. The highest BCUT2D eigenvalue weighted by Gasteiger charge is 2.13. The van der Waals surface area contributed by atoms with Crippen LogP contribution < -0.4 is 0 Å². The molecular weight excluding hydrogens is 406 g/mol. The molecule has 0 atom stereocenters. The minimum Gasteiger partial charge on any atom is -0.318 e. The molecule has 0 spiro atoms. The van der Waals surface area contributed by atoms with Gasteiger partial charge in [-0.2, -0.15) is 5.26 Å². The molecule has 1 aromatic heterocycles. The monoisotopic (exact) mass is 421 g/mol. The Bertz CT molecular complexity index is 1110. The van der Waals surface area contributed by atoms with Crippen molar-refractivity contribution in [2.24, 2.45) is 0 Å². The third-order valence-corrected chi connectivity index (χ3v) is 4.82. The standard InChI is InChI=1S/C21H16BrN3O2/c1-14-9-17(10-18(13-23)16-5-3-6-19(22)11-16)15(2)24(14)20-7-4-8-21(12-20)25(26)27/h3-12H,1-2H3/b18-10-. The summed E-state index contributed by atoms with van der Waals surface area (Å²) in [6.45, 7) is 3.88. The van der Waals surface area contributed by atoms with E-state index >= 15 is 0 Å². The van der Waals surface area contributed by atoms with E-state index in [0.717, 1.165) is 32.7 Å². The van der Waals surface area contributed by atoms with Crippen molar-refractivity contribution in [1.82, 2.24) is 4.57 Å². The fraction of sp³-hybridized carbons (Fsp3) is 0.0952. The lowest BCUT2D eigenvalue weighted by molar-refractivity contribution is -0.384. The van der Waals surface area contributed by atoms with Gasteiger partial charge in [-0.05, 0) is 55.3 Å². The number of nitriles is 1. The molecule has 27 heavy (non-hydrogen) atoms. The summed E-state index contributed by atoms with van der Waals surface area (Å²) in [4.78, 5) is 10.7. The van der Waals surface area contributed by atoms with Crippen molar-refractivity contribution in [3.63, 3.8) is 0 Å². The molecule has 134 valence electrons. The van der Waals surface area contributed by atoms with Crippen LogP contribution in [0.25, 0.3) is 17.3 Å². The van der Waals surface area contributed by atoms with E-state index in [0.29, 0.717) is 5.57 Å². The third kappa shape index (κ3) is 3.83. The van der Waals surface area contributed by atoms with Crippen molar-refractivity contribution in [1.29, 1.82) is 5.26 Å². The van der Waals surface area contributed by atoms with E-state index in [-0.39, 0.29) is 5.69 Å². The summed E-state index contributed by atoms with van der Waals surface area (Å²) in [5, 5.41) is 20.7. The van der Waals surface area contributed by atoms with Crippen LogP contribution in [0, 0.1) is 35.3 Å². The summed E-state index contributed by atoms with van der Waals surface area (Å²) in [6.07, 6.45) is 1.85.